The third-order valence-corrected chi connectivity index (χ3v) is 8.19. The molecule has 0 saturated carbocycles. The fourth-order valence-corrected chi connectivity index (χ4v) is 5.70. The van der Waals surface area contributed by atoms with E-state index < -0.39 is 33.9 Å². The molecule has 198 valence electrons. The van der Waals surface area contributed by atoms with E-state index in [2.05, 4.69) is 31.6 Å². The van der Waals surface area contributed by atoms with E-state index in [9.17, 15) is 30.4 Å². The largest absolute Gasteiger partial charge is 0.416 e. The van der Waals surface area contributed by atoms with E-state index in [4.69, 9.17) is 0 Å². The number of hydrogen-bond acceptors (Lipinski definition) is 6. The Hall–Kier alpha value is -4.35. The van der Waals surface area contributed by atoms with Crippen LogP contribution in [0.1, 0.15) is 28.1 Å². The average Bonchev–Trinajstić information content (AvgIpc) is 3.54. The van der Waals surface area contributed by atoms with Crippen molar-refractivity contribution in [2.75, 3.05) is 4.72 Å². The van der Waals surface area contributed by atoms with Gasteiger partial charge in [0.05, 0.1) is 39.8 Å². The van der Waals surface area contributed by atoms with E-state index >= 15 is 0 Å². The number of rotatable bonds is 5. The van der Waals surface area contributed by atoms with Gasteiger partial charge in [-0.2, -0.15) is 18.3 Å². The molecule has 0 radical (unpaired) electrons. The fraction of sp³-hybridized carbons (Fsp3) is 0.0800. The Labute approximate surface area is 222 Å². The summed E-state index contributed by atoms with van der Waals surface area (Å²) in [4.78, 5) is 8.54. The molecule has 0 aliphatic heterocycles. The summed E-state index contributed by atoms with van der Waals surface area (Å²) in [5.41, 5.74) is -0.772. The molecule has 0 saturated heterocycles. The van der Waals surface area contributed by atoms with Crippen LogP contribution in [0.4, 0.5) is 27.6 Å². The van der Waals surface area contributed by atoms with Gasteiger partial charge in [0, 0.05) is 11.8 Å². The van der Waals surface area contributed by atoms with Crippen LogP contribution in [0.2, 0.25) is 0 Å². The number of halogens is 5. The van der Waals surface area contributed by atoms with E-state index in [0.717, 1.165) is 46.2 Å². The fourth-order valence-electron chi connectivity index (χ4n) is 3.50. The SMILES string of the molecule is O=S(=O)(Nc1cccnc1)c1ccc(C#Cc2cnn3c(C(F)F)cc(-c4ccc(C(F)(F)F)cc4)nc23)s1. The van der Waals surface area contributed by atoms with Crippen LogP contribution in [0.5, 0.6) is 0 Å². The summed E-state index contributed by atoms with van der Waals surface area (Å²) < 4.78 is 95.0. The molecule has 0 bridgehead atoms. The van der Waals surface area contributed by atoms with Crippen LogP contribution in [0.15, 0.2) is 77.4 Å². The molecule has 5 aromatic rings. The molecule has 5 rings (SSSR count). The van der Waals surface area contributed by atoms with Gasteiger partial charge < -0.3 is 0 Å². The van der Waals surface area contributed by atoms with Crippen LogP contribution < -0.4 is 4.72 Å². The van der Waals surface area contributed by atoms with Crippen LogP contribution in [0.3, 0.4) is 0 Å². The summed E-state index contributed by atoms with van der Waals surface area (Å²) in [5.74, 6) is 5.55. The summed E-state index contributed by atoms with van der Waals surface area (Å²) >= 11 is 0.894. The van der Waals surface area contributed by atoms with Gasteiger partial charge in [-0.3, -0.25) is 9.71 Å². The van der Waals surface area contributed by atoms with Gasteiger partial charge >= 0.3 is 6.18 Å². The first-order valence-corrected chi connectivity index (χ1v) is 13.2. The Morgan fingerprint density at radius 1 is 1.00 bits per heavy atom. The third-order valence-electron chi connectivity index (χ3n) is 5.31. The van der Waals surface area contributed by atoms with Gasteiger partial charge in [-0.15, -0.1) is 11.3 Å². The molecule has 1 aromatic carbocycles. The van der Waals surface area contributed by atoms with Gasteiger partial charge in [-0.05, 0) is 42.5 Å². The molecule has 0 fully saturated rings. The summed E-state index contributed by atoms with van der Waals surface area (Å²) in [6.07, 6.45) is -3.41. The minimum atomic E-state index is -4.55. The normalized spacial score (nSPS) is 11.9. The Bertz CT molecular complexity index is 1820. The lowest BCUT2D eigenvalue weighted by molar-refractivity contribution is -0.137. The van der Waals surface area contributed by atoms with Gasteiger partial charge in [0.15, 0.2) is 5.65 Å². The number of anilines is 1. The lowest BCUT2D eigenvalue weighted by atomic mass is 10.1. The van der Waals surface area contributed by atoms with E-state index in [1.54, 1.807) is 12.1 Å². The van der Waals surface area contributed by atoms with Crippen LogP contribution in [0, 0.1) is 11.8 Å². The zero-order chi connectivity index (χ0) is 27.8. The van der Waals surface area contributed by atoms with E-state index in [0.29, 0.717) is 4.88 Å². The predicted molar refractivity (Wildman–Crippen MR) is 134 cm³/mol. The molecule has 0 aliphatic rings. The highest BCUT2D eigenvalue weighted by Gasteiger charge is 2.30. The van der Waals surface area contributed by atoms with Crippen LogP contribution in [-0.4, -0.2) is 28.0 Å². The zero-order valence-corrected chi connectivity index (χ0v) is 21.0. The smallest absolute Gasteiger partial charge is 0.277 e. The molecular formula is C25H14F5N5O2S2. The van der Waals surface area contributed by atoms with Crippen molar-refractivity contribution in [1.29, 1.82) is 0 Å². The number of hydrogen-bond donors (Lipinski definition) is 1. The molecule has 4 heterocycles. The molecule has 0 atom stereocenters. The summed E-state index contributed by atoms with van der Waals surface area (Å²) in [7, 11) is -3.88. The molecule has 4 aromatic heterocycles. The number of thiophene rings is 1. The second-order valence-corrected chi connectivity index (χ2v) is 10.9. The highest BCUT2D eigenvalue weighted by molar-refractivity contribution is 7.94. The minimum Gasteiger partial charge on any atom is -0.277 e. The highest BCUT2D eigenvalue weighted by Crippen LogP contribution is 2.32. The highest BCUT2D eigenvalue weighted by atomic mass is 32.2. The first-order valence-electron chi connectivity index (χ1n) is 10.9. The standard InChI is InChI=1S/C25H14F5N5O2S2/c26-23(27)21-12-20(15-3-6-17(7-4-15)25(28,29)30)33-24-16(13-32-35(21)24)5-8-19-9-10-22(38-19)39(36,37)34-18-2-1-11-31-14-18/h1-4,6-7,9-14,23,34H. The van der Waals surface area contributed by atoms with Crippen LogP contribution in [0.25, 0.3) is 16.9 Å². The molecular weight excluding hydrogens is 561 g/mol. The number of aromatic nitrogens is 4. The van der Waals surface area contributed by atoms with Crippen molar-refractivity contribution < 1.29 is 30.4 Å². The van der Waals surface area contributed by atoms with E-state index in [-0.39, 0.29) is 32.4 Å². The predicted octanol–water partition coefficient (Wildman–Crippen LogP) is 6.01. The Kier molecular flexibility index (Phi) is 6.79. The number of alkyl halides is 5. The van der Waals surface area contributed by atoms with Crippen molar-refractivity contribution in [2.24, 2.45) is 0 Å². The molecule has 14 heteroatoms. The number of benzene rings is 1. The lowest BCUT2D eigenvalue weighted by Crippen LogP contribution is -2.11. The maximum Gasteiger partial charge on any atom is 0.416 e. The quantitative estimate of drug-likeness (QED) is 0.205. The van der Waals surface area contributed by atoms with Crippen LogP contribution in [-0.2, 0) is 16.2 Å². The number of sulfonamides is 1. The summed E-state index contributed by atoms with van der Waals surface area (Å²) in [6, 6.07) is 11.0. The Morgan fingerprint density at radius 3 is 2.44 bits per heavy atom. The van der Waals surface area contributed by atoms with E-state index in [1.807, 2.05) is 0 Å². The molecule has 0 unspecified atom stereocenters. The van der Waals surface area contributed by atoms with Gasteiger partial charge in [0.2, 0.25) is 0 Å². The molecule has 0 amide bonds. The molecule has 1 N–H and O–H groups in total. The molecule has 0 aliphatic carbocycles. The lowest BCUT2D eigenvalue weighted by Gasteiger charge is -2.10. The van der Waals surface area contributed by atoms with Crippen molar-refractivity contribution in [2.45, 2.75) is 16.8 Å². The van der Waals surface area contributed by atoms with Gasteiger partial charge in [0.1, 0.15) is 9.90 Å². The number of pyridine rings is 1. The summed E-state index contributed by atoms with van der Waals surface area (Å²) in [5, 5.41) is 3.94. The number of fused-ring (bicyclic) bond motifs is 1. The second kappa shape index (κ2) is 10.1. The topological polar surface area (TPSA) is 89.2 Å². The minimum absolute atomic E-state index is 0.00165. The monoisotopic (exact) mass is 575 g/mol. The maximum absolute atomic E-state index is 13.8. The Morgan fingerprint density at radius 2 is 1.77 bits per heavy atom. The van der Waals surface area contributed by atoms with E-state index in [1.165, 1.54) is 30.7 Å². The third kappa shape index (κ3) is 5.59. The maximum atomic E-state index is 13.8. The molecule has 0 spiro atoms. The van der Waals surface area contributed by atoms with Gasteiger partial charge in [-0.25, -0.2) is 26.7 Å². The first kappa shape index (κ1) is 26.3. The van der Waals surface area contributed by atoms with Crippen molar-refractivity contribution in [1.82, 2.24) is 19.6 Å². The molecule has 7 nitrogen and oxygen atoms in total. The van der Waals surface area contributed by atoms with Crippen molar-refractivity contribution in [3.05, 3.63) is 94.9 Å². The van der Waals surface area contributed by atoms with Crippen molar-refractivity contribution >= 4 is 32.7 Å². The van der Waals surface area contributed by atoms with Crippen molar-refractivity contribution in [3.63, 3.8) is 0 Å². The van der Waals surface area contributed by atoms with Gasteiger partial charge in [0.25, 0.3) is 16.4 Å². The number of nitrogens with zero attached hydrogens (tertiary/aromatic N) is 4. The Balaban J connectivity index is 1.48. The zero-order valence-electron chi connectivity index (χ0n) is 19.3. The first-order chi connectivity index (χ1) is 18.5. The second-order valence-electron chi connectivity index (χ2n) is 7.95. The van der Waals surface area contributed by atoms with Crippen LogP contribution >= 0.6 is 11.3 Å². The molecule has 39 heavy (non-hydrogen) atoms. The van der Waals surface area contributed by atoms with Gasteiger partial charge in [-0.1, -0.05) is 24.0 Å². The number of nitrogens with one attached hydrogen (secondary N) is 1. The average molecular weight is 576 g/mol. The van der Waals surface area contributed by atoms with Crippen molar-refractivity contribution in [3.8, 4) is 23.1 Å². The summed E-state index contributed by atoms with van der Waals surface area (Å²) in [6.45, 7) is 0.